The van der Waals surface area contributed by atoms with Crippen LogP contribution in [0.1, 0.15) is 21.7 Å². The number of likely N-dealkylation sites (N-methyl/N-ethyl adjacent to an activating group) is 1. The van der Waals surface area contributed by atoms with E-state index in [0.717, 1.165) is 36.9 Å². The lowest BCUT2D eigenvalue weighted by Crippen LogP contribution is -2.34. The number of nitrogens with zero attached hydrogens (tertiary/aromatic N) is 2. The molecule has 0 unspecified atom stereocenters. The van der Waals surface area contributed by atoms with Crippen molar-refractivity contribution in [2.45, 2.75) is 29.2 Å². The molecule has 2 atom stereocenters. The van der Waals surface area contributed by atoms with Gasteiger partial charge in [0.15, 0.2) is 0 Å². The molecule has 3 aromatic rings. The van der Waals surface area contributed by atoms with Gasteiger partial charge in [0.1, 0.15) is 0 Å². The highest BCUT2D eigenvalue weighted by atomic mass is 35.5. The van der Waals surface area contributed by atoms with E-state index in [0.29, 0.717) is 27.2 Å². The molecule has 1 amide bonds. The molecule has 3 heterocycles. The minimum Gasteiger partial charge on any atom is -0.367 e. The van der Waals surface area contributed by atoms with Gasteiger partial charge in [0, 0.05) is 47.5 Å². The minimum absolute atomic E-state index is 0.144. The molecule has 6 nitrogen and oxygen atoms in total. The first-order valence-electron chi connectivity index (χ1n) is 11.2. The third-order valence-corrected chi connectivity index (χ3v) is 10.2. The zero-order chi connectivity index (χ0) is 24.0. The number of halogens is 1. The van der Waals surface area contributed by atoms with Crippen LogP contribution >= 0.6 is 22.9 Å². The second kappa shape index (κ2) is 9.00. The summed E-state index contributed by atoms with van der Waals surface area (Å²) in [5.74, 6) is 0.413. The van der Waals surface area contributed by atoms with Crippen molar-refractivity contribution in [3.8, 4) is 0 Å². The monoisotopic (exact) mass is 515 g/mol. The van der Waals surface area contributed by atoms with Crippen LogP contribution in [0.3, 0.4) is 0 Å². The number of hydrogen-bond donors (Lipinski definition) is 1. The number of likely N-dealkylation sites (tertiary alicyclic amines) is 1. The fraction of sp³-hybridized carbons (Fsp3) is 0.320. The van der Waals surface area contributed by atoms with E-state index >= 15 is 0 Å². The molecule has 2 saturated heterocycles. The van der Waals surface area contributed by atoms with Gasteiger partial charge in [-0.1, -0.05) is 11.6 Å². The zero-order valence-electron chi connectivity index (χ0n) is 19.0. The average Bonchev–Trinajstić information content (AvgIpc) is 3.48. The minimum atomic E-state index is -3.74. The second-order valence-electron chi connectivity index (χ2n) is 9.04. The Hall–Kier alpha value is -2.39. The van der Waals surface area contributed by atoms with Crippen molar-refractivity contribution in [3.63, 3.8) is 0 Å². The lowest BCUT2D eigenvalue weighted by atomic mass is 10.0. The predicted molar refractivity (Wildman–Crippen MR) is 137 cm³/mol. The molecular weight excluding hydrogens is 490 g/mol. The van der Waals surface area contributed by atoms with E-state index in [-0.39, 0.29) is 15.7 Å². The summed E-state index contributed by atoms with van der Waals surface area (Å²) >= 11 is 7.02. The maximum Gasteiger partial charge on any atom is 0.266 e. The molecule has 178 valence electrons. The van der Waals surface area contributed by atoms with Crippen molar-refractivity contribution in [3.05, 3.63) is 69.4 Å². The Labute approximate surface area is 209 Å². The molecule has 0 spiro atoms. The molecule has 9 heteroatoms. The Morgan fingerprint density at radius 3 is 2.50 bits per heavy atom. The summed E-state index contributed by atoms with van der Waals surface area (Å²) in [6, 6.07) is 14.5. The van der Waals surface area contributed by atoms with Crippen molar-refractivity contribution < 1.29 is 13.2 Å². The standard InChI is InChI=1S/C25H26ClN3O3S2/c1-16-23(34(31,32)21-9-3-18(26)4-10-21)15-33-24(16)25(30)27-19-5-7-20(8-6-19)29-12-11-17-13-28(2)14-22(17)29/h3-10,15,17,22H,11-14H2,1-2H3,(H,27,30)/t17-,22+/m0/s1. The SMILES string of the molecule is Cc1c(S(=O)(=O)c2ccc(Cl)cc2)csc1C(=O)Nc1ccc(N2CC[C@H]3CN(C)C[C@H]32)cc1. The lowest BCUT2D eigenvalue weighted by Gasteiger charge is -2.26. The third-order valence-electron chi connectivity index (χ3n) is 6.80. The van der Waals surface area contributed by atoms with Gasteiger partial charge in [0.05, 0.1) is 14.7 Å². The molecule has 2 aliphatic rings. The molecule has 1 aromatic heterocycles. The van der Waals surface area contributed by atoms with Crippen LogP contribution in [-0.4, -0.2) is 51.9 Å². The molecule has 1 N–H and O–H groups in total. The summed E-state index contributed by atoms with van der Waals surface area (Å²) in [5.41, 5.74) is 2.30. The summed E-state index contributed by atoms with van der Waals surface area (Å²) in [5, 5.41) is 4.91. The summed E-state index contributed by atoms with van der Waals surface area (Å²) in [7, 11) is -1.56. The largest absolute Gasteiger partial charge is 0.367 e. The molecule has 2 aliphatic heterocycles. The highest BCUT2D eigenvalue weighted by Crippen LogP contribution is 2.35. The summed E-state index contributed by atoms with van der Waals surface area (Å²) in [6.45, 7) is 4.97. The second-order valence-corrected chi connectivity index (χ2v) is 12.3. The number of carbonyl (C=O) groups excluding carboxylic acids is 1. The summed E-state index contributed by atoms with van der Waals surface area (Å²) in [6.07, 6.45) is 1.21. The lowest BCUT2D eigenvalue weighted by molar-refractivity contribution is 0.103. The smallest absolute Gasteiger partial charge is 0.266 e. The van der Waals surface area contributed by atoms with Crippen LogP contribution in [0.25, 0.3) is 0 Å². The Morgan fingerprint density at radius 2 is 1.79 bits per heavy atom. The van der Waals surface area contributed by atoms with Gasteiger partial charge in [0.25, 0.3) is 5.91 Å². The molecule has 2 aromatic carbocycles. The van der Waals surface area contributed by atoms with Gasteiger partial charge in [-0.05, 0) is 80.4 Å². The first kappa shape index (κ1) is 23.4. The first-order chi connectivity index (χ1) is 16.2. The van der Waals surface area contributed by atoms with Gasteiger partial charge >= 0.3 is 0 Å². The normalized spacial score (nSPS) is 20.5. The van der Waals surface area contributed by atoms with Gasteiger partial charge in [-0.3, -0.25) is 4.79 Å². The maximum absolute atomic E-state index is 13.0. The Bertz CT molecular complexity index is 1320. The number of carbonyl (C=O) groups is 1. The number of nitrogens with one attached hydrogen (secondary N) is 1. The number of sulfone groups is 1. The van der Waals surface area contributed by atoms with Crippen LogP contribution in [0.4, 0.5) is 11.4 Å². The van der Waals surface area contributed by atoms with Crippen molar-refractivity contribution in [2.75, 3.05) is 36.9 Å². The van der Waals surface area contributed by atoms with Crippen molar-refractivity contribution in [1.29, 1.82) is 0 Å². The number of fused-ring (bicyclic) bond motifs is 1. The number of hydrogen-bond acceptors (Lipinski definition) is 6. The van der Waals surface area contributed by atoms with Crippen LogP contribution in [0, 0.1) is 12.8 Å². The van der Waals surface area contributed by atoms with E-state index < -0.39 is 9.84 Å². The fourth-order valence-corrected chi connectivity index (χ4v) is 7.99. The molecule has 5 rings (SSSR count). The van der Waals surface area contributed by atoms with Gasteiger partial charge in [-0.25, -0.2) is 8.42 Å². The van der Waals surface area contributed by atoms with Crippen LogP contribution in [-0.2, 0) is 9.84 Å². The Kier molecular flexibility index (Phi) is 6.18. The third kappa shape index (κ3) is 4.24. The summed E-state index contributed by atoms with van der Waals surface area (Å²) < 4.78 is 26.1. The number of rotatable bonds is 5. The van der Waals surface area contributed by atoms with E-state index in [2.05, 4.69) is 22.2 Å². The predicted octanol–water partition coefficient (Wildman–Crippen LogP) is 4.94. The molecule has 2 fully saturated rings. The van der Waals surface area contributed by atoms with E-state index in [4.69, 9.17) is 11.6 Å². The average molecular weight is 516 g/mol. The zero-order valence-corrected chi connectivity index (χ0v) is 21.4. The van der Waals surface area contributed by atoms with E-state index in [9.17, 15) is 13.2 Å². The Balaban J connectivity index is 1.31. The topological polar surface area (TPSA) is 69.7 Å². The maximum atomic E-state index is 13.0. The van der Waals surface area contributed by atoms with Crippen LogP contribution in [0.15, 0.2) is 63.7 Å². The van der Waals surface area contributed by atoms with E-state index in [1.807, 2.05) is 24.3 Å². The number of anilines is 2. The number of benzene rings is 2. The molecule has 0 bridgehead atoms. The molecule has 0 aliphatic carbocycles. The van der Waals surface area contributed by atoms with Crippen molar-refractivity contribution in [2.24, 2.45) is 5.92 Å². The Morgan fingerprint density at radius 1 is 1.09 bits per heavy atom. The number of amides is 1. The molecule has 34 heavy (non-hydrogen) atoms. The highest BCUT2D eigenvalue weighted by Gasteiger charge is 2.40. The van der Waals surface area contributed by atoms with Crippen LogP contribution in [0.5, 0.6) is 0 Å². The van der Waals surface area contributed by atoms with Crippen molar-refractivity contribution in [1.82, 2.24) is 4.90 Å². The molecular formula is C25H26ClN3O3S2. The van der Waals surface area contributed by atoms with Gasteiger partial charge < -0.3 is 15.1 Å². The van der Waals surface area contributed by atoms with Crippen LogP contribution < -0.4 is 10.2 Å². The quantitative estimate of drug-likeness (QED) is 0.521. The summed E-state index contributed by atoms with van der Waals surface area (Å²) in [4.78, 5) is 18.5. The van der Waals surface area contributed by atoms with Crippen LogP contribution in [0.2, 0.25) is 5.02 Å². The van der Waals surface area contributed by atoms with Gasteiger partial charge in [0.2, 0.25) is 9.84 Å². The fourth-order valence-electron chi connectivity index (χ4n) is 5.05. The van der Waals surface area contributed by atoms with E-state index in [1.165, 1.54) is 29.6 Å². The van der Waals surface area contributed by atoms with Gasteiger partial charge in [-0.15, -0.1) is 11.3 Å². The number of thiophene rings is 1. The first-order valence-corrected chi connectivity index (χ1v) is 13.9. The highest BCUT2D eigenvalue weighted by molar-refractivity contribution is 7.91. The molecule has 0 radical (unpaired) electrons. The van der Waals surface area contributed by atoms with Gasteiger partial charge in [-0.2, -0.15) is 0 Å². The van der Waals surface area contributed by atoms with Crippen molar-refractivity contribution >= 4 is 50.1 Å². The van der Waals surface area contributed by atoms with E-state index in [1.54, 1.807) is 19.1 Å². The molecule has 0 saturated carbocycles.